The normalized spacial score (nSPS) is 10.8. The van der Waals surface area contributed by atoms with Crippen LogP contribution in [-0.4, -0.2) is 25.9 Å². The topological polar surface area (TPSA) is 43.6 Å². The van der Waals surface area contributed by atoms with Crippen molar-refractivity contribution in [2.75, 3.05) is 5.88 Å². The number of hydrogen-bond donors (Lipinski definition) is 0. The van der Waals surface area contributed by atoms with Crippen LogP contribution in [0.4, 0.5) is 0 Å². The van der Waals surface area contributed by atoms with E-state index in [2.05, 4.69) is 15.3 Å². The second kappa shape index (κ2) is 4.72. The van der Waals surface area contributed by atoms with Crippen LogP contribution in [0.15, 0.2) is 11.6 Å². The van der Waals surface area contributed by atoms with Crippen LogP contribution in [-0.2, 0) is 13.0 Å². The molecule has 0 aromatic carbocycles. The van der Waals surface area contributed by atoms with Crippen LogP contribution in [0.25, 0.3) is 0 Å². The van der Waals surface area contributed by atoms with Crippen molar-refractivity contribution in [2.24, 2.45) is 0 Å². The zero-order chi connectivity index (χ0) is 10.7. The van der Waals surface area contributed by atoms with Gasteiger partial charge in [-0.3, -0.25) is 0 Å². The molecule has 2 aromatic heterocycles. The minimum absolute atomic E-state index is 0.578. The number of thiazole rings is 1. The Balaban J connectivity index is 2.04. The van der Waals surface area contributed by atoms with Gasteiger partial charge in [0.05, 0.1) is 12.2 Å². The van der Waals surface area contributed by atoms with Gasteiger partial charge in [0.15, 0.2) is 0 Å². The molecule has 6 heteroatoms. The lowest BCUT2D eigenvalue weighted by molar-refractivity contribution is 0.646. The smallest absolute Gasteiger partial charge is 0.114 e. The van der Waals surface area contributed by atoms with E-state index in [1.54, 1.807) is 16.0 Å². The molecule has 0 bridgehead atoms. The second-order valence-electron chi connectivity index (χ2n) is 3.23. The molecule has 0 N–H and O–H groups in total. The molecule has 0 aliphatic carbocycles. The molecule has 0 amide bonds. The third-order valence-corrected chi connectivity index (χ3v) is 3.04. The van der Waals surface area contributed by atoms with Crippen molar-refractivity contribution in [1.29, 1.82) is 0 Å². The Hall–Kier alpha value is -0.940. The van der Waals surface area contributed by atoms with E-state index >= 15 is 0 Å². The van der Waals surface area contributed by atoms with Crippen LogP contribution >= 0.6 is 22.9 Å². The summed E-state index contributed by atoms with van der Waals surface area (Å²) in [5, 5.41) is 11.1. The average molecular weight is 243 g/mol. The standard InChI is InChI=1S/C9H11ClN4S/c1-7-6-15-9(11-7)5-14-4-8(2-3-10)12-13-14/h4,6H,2-3,5H2,1H3. The molecule has 0 saturated carbocycles. The molecule has 0 saturated heterocycles. The Morgan fingerprint density at radius 1 is 1.53 bits per heavy atom. The quantitative estimate of drug-likeness (QED) is 0.769. The highest BCUT2D eigenvalue weighted by Gasteiger charge is 2.03. The van der Waals surface area contributed by atoms with E-state index in [0.717, 1.165) is 22.8 Å². The second-order valence-corrected chi connectivity index (χ2v) is 4.55. The van der Waals surface area contributed by atoms with E-state index in [-0.39, 0.29) is 0 Å². The molecular weight excluding hydrogens is 232 g/mol. The number of aromatic nitrogens is 4. The SMILES string of the molecule is Cc1csc(Cn2cc(CCCl)nn2)n1. The first kappa shape index (κ1) is 10.6. The molecule has 0 radical (unpaired) electrons. The number of halogens is 1. The highest BCUT2D eigenvalue weighted by atomic mass is 35.5. The molecule has 80 valence electrons. The van der Waals surface area contributed by atoms with Gasteiger partial charge in [-0.15, -0.1) is 28.0 Å². The lowest BCUT2D eigenvalue weighted by Crippen LogP contribution is -1.99. The lowest BCUT2D eigenvalue weighted by Gasteiger charge is -1.94. The number of nitrogens with zero attached hydrogens (tertiary/aromatic N) is 4. The average Bonchev–Trinajstić information content (AvgIpc) is 2.78. The first-order chi connectivity index (χ1) is 7.28. The predicted molar refractivity (Wildman–Crippen MR) is 60.4 cm³/mol. The summed E-state index contributed by atoms with van der Waals surface area (Å²) in [6, 6.07) is 0. The van der Waals surface area contributed by atoms with Crippen molar-refractivity contribution < 1.29 is 0 Å². The molecule has 0 atom stereocenters. The summed E-state index contributed by atoms with van der Waals surface area (Å²) >= 11 is 7.26. The van der Waals surface area contributed by atoms with E-state index in [1.807, 2.05) is 18.5 Å². The van der Waals surface area contributed by atoms with Gasteiger partial charge in [-0.1, -0.05) is 5.21 Å². The maximum atomic E-state index is 5.62. The molecule has 2 aromatic rings. The van der Waals surface area contributed by atoms with Crippen LogP contribution in [0, 0.1) is 6.92 Å². The summed E-state index contributed by atoms with van der Waals surface area (Å²) in [4.78, 5) is 4.37. The first-order valence-corrected chi connectivity index (χ1v) is 6.05. The summed E-state index contributed by atoms with van der Waals surface area (Å²) in [6.07, 6.45) is 2.68. The third kappa shape index (κ3) is 2.76. The van der Waals surface area contributed by atoms with Crippen molar-refractivity contribution >= 4 is 22.9 Å². The van der Waals surface area contributed by atoms with E-state index < -0.39 is 0 Å². The maximum Gasteiger partial charge on any atom is 0.114 e. The van der Waals surface area contributed by atoms with E-state index in [9.17, 15) is 0 Å². The van der Waals surface area contributed by atoms with E-state index in [0.29, 0.717) is 12.4 Å². The summed E-state index contributed by atoms with van der Waals surface area (Å²) < 4.78 is 1.79. The number of hydrogen-bond acceptors (Lipinski definition) is 4. The zero-order valence-electron chi connectivity index (χ0n) is 8.35. The molecule has 0 fully saturated rings. The van der Waals surface area contributed by atoms with Gasteiger partial charge in [0, 0.05) is 29.6 Å². The lowest BCUT2D eigenvalue weighted by atomic mass is 10.4. The monoisotopic (exact) mass is 242 g/mol. The van der Waals surface area contributed by atoms with Gasteiger partial charge >= 0.3 is 0 Å². The van der Waals surface area contributed by atoms with Crippen LogP contribution in [0.5, 0.6) is 0 Å². The fraction of sp³-hybridized carbons (Fsp3) is 0.444. The van der Waals surface area contributed by atoms with Crippen LogP contribution in [0.2, 0.25) is 0 Å². The first-order valence-electron chi connectivity index (χ1n) is 4.64. The minimum atomic E-state index is 0.578. The highest BCUT2D eigenvalue weighted by molar-refractivity contribution is 7.09. The van der Waals surface area contributed by atoms with Crippen molar-refractivity contribution in [3.8, 4) is 0 Å². The van der Waals surface area contributed by atoms with Gasteiger partial charge in [-0.2, -0.15) is 0 Å². The molecule has 2 heterocycles. The Morgan fingerprint density at radius 3 is 3.07 bits per heavy atom. The molecule has 15 heavy (non-hydrogen) atoms. The molecule has 0 aliphatic heterocycles. The Bertz CT molecular complexity index is 437. The molecule has 0 spiro atoms. The van der Waals surface area contributed by atoms with Gasteiger partial charge in [0.2, 0.25) is 0 Å². The van der Waals surface area contributed by atoms with Gasteiger partial charge in [0.1, 0.15) is 5.01 Å². The molecule has 0 unspecified atom stereocenters. The van der Waals surface area contributed by atoms with Crippen molar-refractivity contribution in [1.82, 2.24) is 20.0 Å². The summed E-state index contributed by atoms with van der Waals surface area (Å²) in [7, 11) is 0. The summed E-state index contributed by atoms with van der Waals surface area (Å²) in [5.74, 6) is 0.578. The largest absolute Gasteiger partial charge is 0.245 e. The third-order valence-electron chi connectivity index (χ3n) is 1.90. The number of rotatable bonds is 4. The number of alkyl halides is 1. The van der Waals surface area contributed by atoms with Crippen molar-refractivity contribution in [2.45, 2.75) is 19.9 Å². The van der Waals surface area contributed by atoms with Crippen molar-refractivity contribution in [3.63, 3.8) is 0 Å². The van der Waals surface area contributed by atoms with Gasteiger partial charge < -0.3 is 0 Å². The Morgan fingerprint density at radius 2 is 2.40 bits per heavy atom. The van der Waals surface area contributed by atoms with Gasteiger partial charge in [0.25, 0.3) is 0 Å². The Labute approximate surface area is 96.9 Å². The summed E-state index contributed by atoms with van der Waals surface area (Å²) in [6.45, 7) is 2.67. The number of aryl methyl sites for hydroxylation is 2. The fourth-order valence-electron chi connectivity index (χ4n) is 1.24. The Kier molecular flexibility index (Phi) is 3.33. The molecule has 0 aliphatic rings. The maximum absolute atomic E-state index is 5.62. The predicted octanol–water partition coefficient (Wildman–Crippen LogP) is 1.87. The highest BCUT2D eigenvalue weighted by Crippen LogP contribution is 2.10. The van der Waals surface area contributed by atoms with Crippen molar-refractivity contribution in [3.05, 3.63) is 28.0 Å². The van der Waals surface area contributed by atoms with E-state index in [4.69, 9.17) is 11.6 Å². The van der Waals surface area contributed by atoms with E-state index in [1.165, 1.54) is 0 Å². The summed E-state index contributed by atoms with van der Waals surface area (Å²) in [5.41, 5.74) is 1.98. The zero-order valence-corrected chi connectivity index (χ0v) is 9.92. The van der Waals surface area contributed by atoms with Crippen LogP contribution in [0.1, 0.15) is 16.4 Å². The fourth-order valence-corrected chi connectivity index (χ4v) is 2.20. The van der Waals surface area contributed by atoms with Crippen LogP contribution in [0.3, 0.4) is 0 Å². The minimum Gasteiger partial charge on any atom is -0.245 e. The van der Waals surface area contributed by atoms with Gasteiger partial charge in [-0.05, 0) is 6.92 Å². The molecular formula is C9H11ClN4S. The van der Waals surface area contributed by atoms with Gasteiger partial charge in [-0.25, -0.2) is 9.67 Å². The molecule has 4 nitrogen and oxygen atoms in total. The molecule has 2 rings (SSSR count). The van der Waals surface area contributed by atoms with Crippen LogP contribution < -0.4 is 0 Å².